The first kappa shape index (κ1) is 15.4. The lowest BCUT2D eigenvalue weighted by Gasteiger charge is -2.26. The summed E-state index contributed by atoms with van der Waals surface area (Å²) in [5.74, 6) is 1.27. The molecule has 1 aliphatic heterocycles. The van der Waals surface area contributed by atoms with E-state index >= 15 is 0 Å². The Kier molecular flexibility index (Phi) is 5.10. The van der Waals surface area contributed by atoms with Gasteiger partial charge in [-0.3, -0.25) is 4.90 Å². The summed E-state index contributed by atoms with van der Waals surface area (Å²) in [7, 11) is 5.12. The first-order chi connectivity index (χ1) is 9.56. The van der Waals surface area contributed by atoms with Gasteiger partial charge >= 0.3 is 0 Å². The average Bonchev–Trinajstić information content (AvgIpc) is 2.84. The number of methoxy groups -OCH3 is 2. The van der Waals surface area contributed by atoms with Gasteiger partial charge in [-0.25, -0.2) is 0 Å². The molecule has 0 unspecified atom stereocenters. The van der Waals surface area contributed by atoms with Crippen molar-refractivity contribution in [2.75, 3.05) is 34.5 Å². The number of benzene rings is 1. The highest BCUT2D eigenvalue weighted by molar-refractivity contribution is 6.30. The molecule has 1 fully saturated rings. The molecule has 5 nitrogen and oxygen atoms in total. The maximum atomic E-state index is 9.87. The van der Waals surface area contributed by atoms with Crippen molar-refractivity contribution in [3.05, 3.63) is 22.7 Å². The number of aliphatic hydroxyl groups excluding tert-OH is 1. The predicted octanol–water partition coefficient (Wildman–Crippen LogP) is 1.55. The highest BCUT2D eigenvalue weighted by atomic mass is 35.5. The van der Waals surface area contributed by atoms with Gasteiger partial charge in [0.1, 0.15) is 0 Å². The molecule has 112 valence electrons. The van der Waals surface area contributed by atoms with Gasteiger partial charge in [-0.1, -0.05) is 11.6 Å². The maximum Gasteiger partial charge on any atom is 0.165 e. The van der Waals surface area contributed by atoms with Crippen molar-refractivity contribution in [3.63, 3.8) is 0 Å². The minimum absolute atomic E-state index is 0.0234. The van der Waals surface area contributed by atoms with Crippen molar-refractivity contribution in [2.45, 2.75) is 18.7 Å². The summed E-state index contributed by atoms with van der Waals surface area (Å²) in [4.78, 5) is 2.03. The Bertz CT molecular complexity index is 469. The van der Waals surface area contributed by atoms with Gasteiger partial charge in [0, 0.05) is 23.2 Å². The van der Waals surface area contributed by atoms with Crippen LogP contribution in [0.3, 0.4) is 0 Å². The zero-order valence-corrected chi connectivity index (χ0v) is 12.7. The van der Waals surface area contributed by atoms with E-state index in [1.165, 1.54) is 0 Å². The van der Waals surface area contributed by atoms with E-state index in [0.717, 1.165) is 5.56 Å². The lowest BCUT2D eigenvalue weighted by molar-refractivity contribution is 0.0921. The molecule has 0 saturated carbocycles. The van der Waals surface area contributed by atoms with Gasteiger partial charge in [0.25, 0.3) is 0 Å². The van der Waals surface area contributed by atoms with Crippen molar-refractivity contribution in [2.24, 2.45) is 0 Å². The molecule has 2 rings (SSSR count). The van der Waals surface area contributed by atoms with Gasteiger partial charge in [0.05, 0.1) is 39.6 Å². The zero-order valence-electron chi connectivity index (χ0n) is 11.9. The van der Waals surface area contributed by atoms with Crippen LogP contribution in [-0.2, 0) is 11.3 Å². The van der Waals surface area contributed by atoms with Crippen LogP contribution < -0.4 is 9.47 Å². The number of halogens is 1. The van der Waals surface area contributed by atoms with E-state index in [1.54, 1.807) is 20.3 Å². The summed E-state index contributed by atoms with van der Waals surface area (Å²) in [6.07, 6.45) is -0.466. The van der Waals surface area contributed by atoms with Gasteiger partial charge in [-0.15, -0.1) is 0 Å². The Labute approximate surface area is 124 Å². The average molecular weight is 302 g/mol. The van der Waals surface area contributed by atoms with Crippen LogP contribution in [0.15, 0.2) is 12.1 Å². The van der Waals surface area contributed by atoms with Gasteiger partial charge in [-0.05, 0) is 13.1 Å². The molecule has 0 aliphatic carbocycles. The van der Waals surface area contributed by atoms with E-state index in [1.807, 2.05) is 18.0 Å². The normalized spacial score (nSPS) is 22.3. The molecule has 0 aromatic heterocycles. The summed E-state index contributed by atoms with van der Waals surface area (Å²) in [5.41, 5.74) is 0.915. The van der Waals surface area contributed by atoms with Crippen molar-refractivity contribution in [3.8, 4) is 11.5 Å². The van der Waals surface area contributed by atoms with Gasteiger partial charge in [0.2, 0.25) is 0 Å². The van der Waals surface area contributed by atoms with E-state index in [2.05, 4.69) is 0 Å². The quantitative estimate of drug-likeness (QED) is 0.894. The number of likely N-dealkylation sites (N-methyl/N-ethyl adjacent to an activating group) is 1. The van der Waals surface area contributed by atoms with Crippen LogP contribution in [0, 0.1) is 0 Å². The minimum Gasteiger partial charge on any atom is -0.493 e. The van der Waals surface area contributed by atoms with Crippen LogP contribution >= 0.6 is 11.6 Å². The van der Waals surface area contributed by atoms with E-state index in [-0.39, 0.29) is 6.04 Å². The Morgan fingerprint density at radius 2 is 2.10 bits per heavy atom. The van der Waals surface area contributed by atoms with Crippen LogP contribution in [0.2, 0.25) is 5.02 Å². The van der Waals surface area contributed by atoms with Crippen molar-refractivity contribution in [1.82, 2.24) is 4.90 Å². The number of aliphatic hydroxyl groups is 1. The highest BCUT2D eigenvalue weighted by Crippen LogP contribution is 2.35. The number of ether oxygens (including phenoxy) is 3. The largest absolute Gasteiger partial charge is 0.493 e. The van der Waals surface area contributed by atoms with E-state index in [9.17, 15) is 5.11 Å². The Balaban J connectivity index is 2.21. The molecule has 1 aromatic rings. The first-order valence-electron chi connectivity index (χ1n) is 6.43. The monoisotopic (exact) mass is 301 g/mol. The fourth-order valence-electron chi connectivity index (χ4n) is 2.46. The van der Waals surface area contributed by atoms with E-state index in [4.69, 9.17) is 25.8 Å². The number of hydrogen-bond donors (Lipinski definition) is 1. The fourth-order valence-corrected chi connectivity index (χ4v) is 2.69. The number of rotatable bonds is 5. The smallest absolute Gasteiger partial charge is 0.165 e. The van der Waals surface area contributed by atoms with E-state index in [0.29, 0.717) is 36.3 Å². The molecule has 6 heteroatoms. The molecule has 0 radical (unpaired) electrons. The molecule has 1 aliphatic rings. The third kappa shape index (κ3) is 3.17. The second-order valence-electron chi connectivity index (χ2n) is 4.89. The SMILES string of the molecule is COc1cc(Cl)cc(CN(C)[C@@H]2COC[C@H]2O)c1OC. The van der Waals surface area contributed by atoms with E-state index < -0.39 is 6.10 Å². The predicted molar refractivity (Wildman–Crippen MR) is 76.6 cm³/mol. The molecule has 0 spiro atoms. The highest BCUT2D eigenvalue weighted by Gasteiger charge is 2.30. The standard InChI is InChI=1S/C14H20ClNO4/c1-16(11-7-20-8-12(11)17)6-9-4-10(15)5-13(18-2)14(9)19-3/h4-5,11-12,17H,6-8H2,1-3H3/t11-,12-/m1/s1. The molecule has 2 atom stereocenters. The summed E-state index contributed by atoms with van der Waals surface area (Å²) in [6.45, 7) is 1.49. The molecule has 1 saturated heterocycles. The third-order valence-corrected chi connectivity index (χ3v) is 3.75. The van der Waals surface area contributed by atoms with Gasteiger partial charge < -0.3 is 19.3 Å². The summed E-state index contributed by atoms with van der Waals surface area (Å²) in [5, 5.41) is 10.5. The van der Waals surface area contributed by atoms with Crippen molar-refractivity contribution >= 4 is 11.6 Å². The number of hydrogen-bond acceptors (Lipinski definition) is 5. The molecular formula is C14H20ClNO4. The Hall–Kier alpha value is -1.01. The third-order valence-electron chi connectivity index (χ3n) is 3.53. The van der Waals surface area contributed by atoms with Crippen LogP contribution in [0.1, 0.15) is 5.56 Å². The summed E-state index contributed by atoms with van der Waals surface area (Å²) < 4.78 is 16.0. The maximum absolute atomic E-state index is 9.87. The molecule has 1 N–H and O–H groups in total. The van der Waals surface area contributed by atoms with Crippen molar-refractivity contribution in [1.29, 1.82) is 0 Å². The zero-order chi connectivity index (χ0) is 14.7. The molecule has 0 amide bonds. The Morgan fingerprint density at radius 3 is 2.65 bits per heavy atom. The molecular weight excluding hydrogens is 282 g/mol. The van der Waals surface area contributed by atoms with Crippen LogP contribution in [0.25, 0.3) is 0 Å². The van der Waals surface area contributed by atoms with Gasteiger partial charge in [-0.2, -0.15) is 0 Å². The lowest BCUT2D eigenvalue weighted by atomic mass is 10.1. The van der Waals surface area contributed by atoms with Crippen LogP contribution in [-0.4, -0.2) is 56.6 Å². The van der Waals surface area contributed by atoms with Gasteiger partial charge in [0.15, 0.2) is 11.5 Å². The van der Waals surface area contributed by atoms with Crippen LogP contribution in [0.5, 0.6) is 11.5 Å². The first-order valence-corrected chi connectivity index (χ1v) is 6.81. The Morgan fingerprint density at radius 1 is 1.35 bits per heavy atom. The summed E-state index contributed by atoms with van der Waals surface area (Å²) in [6, 6.07) is 3.55. The molecule has 1 heterocycles. The van der Waals surface area contributed by atoms with Crippen molar-refractivity contribution < 1.29 is 19.3 Å². The minimum atomic E-state index is -0.466. The second-order valence-corrected chi connectivity index (χ2v) is 5.32. The lowest BCUT2D eigenvalue weighted by Crippen LogP contribution is -2.40. The molecule has 0 bridgehead atoms. The molecule has 1 aromatic carbocycles. The fraction of sp³-hybridized carbons (Fsp3) is 0.571. The topological polar surface area (TPSA) is 51.2 Å². The summed E-state index contributed by atoms with van der Waals surface area (Å²) >= 11 is 6.10. The molecule has 20 heavy (non-hydrogen) atoms. The second kappa shape index (κ2) is 6.63. The van der Waals surface area contributed by atoms with Crippen LogP contribution in [0.4, 0.5) is 0 Å². The number of nitrogens with zero attached hydrogens (tertiary/aromatic N) is 1.